The van der Waals surface area contributed by atoms with Gasteiger partial charge in [-0.3, -0.25) is 18.6 Å². The lowest BCUT2D eigenvalue weighted by Gasteiger charge is -2.19. The van der Waals surface area contributed by atoms with Crippen LogP contribution in [0.5, 0.6) is 0 Å². The molecule has 2 rings (SSSR count). The molecular weight excluding hydrogens is 477 g/mol. The number of urea groups is 1. The van der Waals surface area contributed by atoms with Crippen molar-refractivity contribution in [3.05, 3.63) is 0 Å². The Kier molecular flexibility index (Phi) is 11.4. The maximum absolute atomic E-state index is 12.0. The van der Waals surface area contributed by atoms with E-state index in [-0.39, 0.29) is 37.4 Å². The van der Waals surface area contributed by atoms with Crippen LogP contribution in [0.1, 0.15) is 46.0 Å². The van der Waals surface area contributed by atoms with Crippen molar-refractivity contribution in [1.82, 2.24) is 10.6 Å². The molecule has 12 nitrogen and oxygen atoms in total. The third kappa shape index (κ3) is 10.6. The molecule has 0 aromatic rings. The molecule has 0 radical (unpaired) electrons. The van der Waals surface area contributed by atoms with Crippen LogP contribution in [0.2, 0.25) is 0 Å². The summed E-state index contributed by atoms with van der Waals surface area (Å²) in [5.74, 6) is -0.302. The molecule has 190 valence electrons. The molecule has 5 N–H and O–H groups in total. The van der Waals surface area contributed by atoms with Crippen molar-refractivity contribution in [3.63, 3.8) is 0 Å². The van der Waals surface area contributed by atoms with Crippen molar-refractivity contribution in [1.29, 1.82) is 0 Å². The van der Waals surface area contributed by atoms with Crippen molar-refractivity contribution < 1.29 is 42.4 Å². The standard InChI is InChI=1S/C19H34N3O9PS/c1-12(23)28-9-15(31-13(2)24)10-30-32(26,27)29-8-7-14(20)5-3-4-6-17-18-16(11-33-17)21-19(25)22-18/h14-18H,3-11,20H2,1-2H3,(H,26,27)(H2,21,22,25)/t14?,15?,16-,17?,18-/m0/s1. The van der Waals surface area contributed by atoms with Gasteiger partial charge < -0.3 is 30.7 Å². The zero-order valence-corrected chi connectivity index (χ0v) is 20.6. The van der Waals surface area contributed by atoms with Crippen LogP contribution in [0.4, 0.5) is 4.79 Å². The van der Waals surface area contributed by atoms with Gasteiger partial charge in [0.1, 0.15) is 6.61 Å². The minimum Gasteiger partial charge on any atom is -0.462 e. The fraction of sp³-hybridized carbons (Fsp3) is 0.842. The Balaban J connectivity index is 1.57. The Labute approximate surface area is 197 Å². The number of hydrogen-bond donors (Lipinski definition) is 4. The number of amides is 2. The minimum absolute atomic E-state index is 0.0724. The average molecular weight is 512 g/mol. The van der Waals surface area contributed by atoms with Gasteiger partial charge in [-0.25, -0.2) is 9.36 Å². The van der Waals surface area contributed by atoms with Crippen LogP contribution < -0.4 is 16.4 Å². The lowest BCUT2D eigenvalue weighted by atomic mass is 10.0. The number of fused-ring (bicyclic) bond motifs is 1. The summed E-state index contributed by atoms with van der Waals surface area (Å²) in [6.45, 7) is 1.50. The van der Waals surface area contributed by atoms with Gasteiger partial charge in [0.15, 0.2) is 6.10 Å². The van der Waals surface area contributed by atoms with E-state index < -0.39 is 32.5 Å². The van der Waals surface area contributed by atoms with Gasteiger partial charge in [0.2, 0.25) is 0 Å². The Hall–Kier alpha value is -1.37. The number of hydrogen-bond acceptors (Lipinski definition) is 10. The number of nitrogens with two attached hydrogens (primary N) is 1. The molecule has 2 aliphatic heterocycles. The summed E-state index contributed by atoms with van der Waals surface area (Å²) in [4.78, 5) is 43.2. The van der Waals surface area contributed by atoms with E-state index in [1.165, 1.54) is 6.92 Å². The van der Waals surface area contributed by atoms with Gasteiger partial charge >= 0.3 is 25.8 Å². The fourth-order valence-corrected chi connectivity index (χ4v) is 5.94. The molecule has 2 saturated heterocycles. The molecule has 0 spiro atoms. The van der Waals surface area contributed by atoms with Crippen molar-refractivity contribution in [2.24, 2.45) is 5.73 Å². The number of phosphoric acid groups is 1. The van der Waals surface area contributed by atoms with Crippen molar-refractivity contribution in [2.45, 2.75) is 75.4 Å². The molecule has 0 aromatic heterocycles. The van der Waals surface area contributed by atoms with Crippen molar-refractivity contribution in [2.75, 3.05) is 25.6 Å². The SMILES string of the molecule is CC(=O)OCC(COP(=O)(O)OCCC(N)CCCCC1SC[C@@H]2NC(=O)N[C@H]12)OC(C)=O. The predicted octanol–water partition coefficient (Wildman–Crippen LogP) is 1.06. The number of unbranched alkanes of at least 4 members (excludes halogenated alkanes) is 1. The molecule has 2 fully saturated rings. The van der Waals surface area contributed by atoms with Crippen LogP contribution in [0, 0.1) is 0 Å². The molecule has 0 saturated carbocycles. The monoisotopic (exact) mass is 511 g/mol. The summed E-state index contributed by atoms with van der Waals surface area (Å²) < 4.78 is 31.4. The molecular formula is C19H34N3O9PS. The molecule has 2 heterocycles. The van der Waals surface area contributed by atoms with E-state index in [2.05, 4.69) is 10.6 Å². The van der Waals surface area contributed by atoms with Crippen LogP contribution in [0.15, 0.2) is 0 Å². The third-order valence-corrected chi connectivity index (χ3v) is 7.72. The summed E-state index contributed by atoms with van der Waals surface area (Å²) in [6.07, 6.45) is 2.97. The Morgan fingerprint density at radius 1 is 1.18 bits per heavy atom. The zero-order valence-electron chi connectivity index (χ0n) is 18.9. The topological polar surface area (TPSA) is 176 Å². The van der Waals surface area contributed by atoms with Gasteiger partial charge in [-0.15, -0.1) is 0 Å². The first kappa shape index (κ1) is 27.9. The molecule has 0 aliphatic carbocycles. The van der Waals surface area contributed by atoms with E-state index in [1.54, 1.807) is 0 Å². The number of carbonyl (C=O) groups is 3. The second-order valence-corrected chi connectivity index (χ2v) is 10.8. The summed E-state index contributed by atoms with van der Waals surface area (Å²) in [6, 6.07) is 0.125. The second kappa shape index (κ2) is 13.5. The highest BCUT2D eigenvalue weighted by Crippen LogP contribution is 2.43. The number of phosphoric ester groups is 1. The molecule has 2 amide bonds. The minimum atomic E-state index is -4.39. The Bertz CT molecular complexity index is 729. The van der Waals surface area contributed by atoms with Crippen LogP contribution in [-0.2, 0) is 32.7 Å². The first-order chi connectivity index (χ1) is 15.6. The normalized spacial score (nSPS) is 25.3. The van der Waals surface area contributed by atoms with Crippen LogP contribution in [-0.4, -0.2) is 77.9 Å². The molecule has 0 aromatic carbocycles. The maximum Gasteiger partial charge on any atom is 0.472 e. The lowest BCUT2D eigenvalue weighted by Crippen LogP contribution is -2.36. The van der Waals surface area contributed by atoms with E-state index >= 15 is 0 Å². The number of ether oxygens (including phenoxy) is 2. The van der Waals surface area contributed by atoms with E-state index in [4.69, 9.17) is 24.3 Å². The van der Waals surface area contributed by atoms with Crippen molar-refractivity contribution in [3.8, 4) is 0 Å². The van der Waals surface area contributed by atoms with E-state index in [0.29, 0.717) is 11.7 Å². The number of thioether (sulfide) groups is 1. The summed E-state index contributed by atoms with van der Waals surface area (Å²) in [7, 11) is -4.39. The highest BCUT2D eigenvalue weighted by atomic mass is 32.2. The Morgan fingerprint density at radius 2 is 1.94 bits per heavy atom. The van der Waals surface area contributed by atoms with E-state index in [1.807, 2.05) is 11.8 Å². The van der Waals surface area contributed by atoms with Gasteiger partial charge in [0, 0.05) is 30.9 Å². The highest BCUT2D eigenvalue weighted by Gasteiger charge is 2.42. The predicted molar refractivity (Wildman–Crippen MR) is 120 cm³/mol. The second-order valence-electron chi connectivity index (χ2n) is 8.09. The smallest absolute Gasteiger partial charge is 0.462 e. The van der Waals surface area contributed by atoms with Gasteiger partial charge in [-0.2, -0.15) is 11.8 Å². The highest BCUT2D eigenvalue weighted by molar-refractivity contribution is 8.00. The maximum atomic E-state index is 12.0. The third-order valence-electron chi connectivity index (χ3n) is 5.22. The van der Waals surface area contributed by atoms with Gasteiger partial charge in [-0.1, -0.05) is 12.8 Å². The van der Waals surface area contributed by atoms with Gasteiger partial charge in [0.05, 0.1) is 25.3 Å². The van der Waals surface area contributed by atoms with E-state index in [9.17, 15) is 23.8 Å². The number of esters is 2. The van der Waals surface area contributed by atoms with Crippen LogP contribution >= 0.6 is 19.6 Å². The zero-order chi connectivity index (χ0) is 24.4. The lowest BCUT2D eigenvalue weighted by molar-refractivity contribution is -0.158. The molecule has 2 aliphatic rings. The fourth-order valence-electron chi connectivity index (χ4n) is 3.63. The van der Waals surface area contributed by atoms with Gasteiger partial charge in [0.25, 0.3) is 0 Å². The summed E-state index contributed by atoms with van der Waals surface area (Å²) in [5.41, 5.74) is 6.08. The van der Waals surface area contributed by atoms with Gasteiger partial charge in [-0.05, 0) is 19.3 Å². The largest absolute Gasteiger partial charge is 0.472 e. The number of rotatable bonds is 15. The summed E-state index contributed by atoms with van der Waals surface area (Å²) in [5, 5.41) is 6.30. The van der Waals surface area contributed by atoms with Crippen molar-refractivity contribution >= 4 is 37.6 Å². The quantitative estimate of drug-likeness (QED) is 0.107. The first-order valence-electron chi connectivity index (χ1n) is 10.9. The summed E-state index contributed by atoms with van der Waals surface area (Å²) >= 11 is 1.87. The molecule has 14 heteroatoms. The molecule has 0 bridgehead atoms. The van der Waals surface area contributed by atoms with E-state index in [0.717, 1.165) is 38.4 Å². The Morgan fingerprint density at radius 3 is 2.64 bits per heavy atom. The van der Waals surface area contributed by atoms with Crippen LogP contribution in [0.25, 0.3) is 0 Å². The average Bonchev–Trinajstić information content (AvgIpc) is 3.26. The van der Waals surface area contributed by atoms with Crippen LogP contribution in [0.3, 0.4) is 0 Å². The number of nitrogens with one attached hydrogen (secondary N) is 2. The molecule has 4 unspecified atom stereocenters. The number of carbonyl (C=O) groups excluding carboxylic acids is 3. The first-order valence-corrected chi connectivity index (χ1v) is 13.5. The molecule has 6 atom stereocenters. The molecule has 33 heavy (non-hydrogen) atoms.